The van der Waals surface area contributed by atoms with Crippen LogP contribution in [-0.4, -0.2) is 25.0 Å². The number of carbonyl (C=O) groups is 1. The van der Waals surface area contributed by atoms with Gasteiger partial charge in [-0.15, -0.1) is 0 Å². The molecule has 1 unspecified atom stereocenters. The van der Waals surface area contributed by atoms with Crippen LogP contribution in [0.15, 0.2) is 0 Å². The molecule has 1 saturated heterocycles. The molecule has 3 nitrogen and oxygen atoms in total. The molecule has 1 heterocycles. The van der Waals surface area contributed by atoms with Gasteiger partial charge < -0.3 is 10.6 Å². The highest BCUT2D eigenvalue weighted by molar-refractivity contribution is 5.82. The minimum atomic E-state index is -0.254. The number of hydrogen-bond donors (Lipinski definition) is 2. The quantitative estimate of drug-likeness (QED) is 0.831. The molecule has 0 aromatic rings. The van der Waals surface area contributed by atoms with Crippen LogP contribution in [0.25, 0.3) is 0 Å². The van der Waals surface area contributed by atoms with Crippen molar-refractivity contribution in [2.24, 2.45) is 17.3 Å². The van der Waals surface area contributed by atoms with E-state index in [1.165, 1.54) is 44.9 Å². The topological polar surface area (TPSA) is 41.1 Å². The van der Waals surface area contributed by atoms with Crippen LogP contribution in [0.3, 0.4) is 0 Å². The summed E-state index contributed by atoms with van der Waals surface area (Å²) in [6.45, 7) is 8.52. The van der Waals surface area contributed by atoms with E-state index in [-0.39, 0.29) is 11.3 Å². The van der Waals surface area contributed by atoms with E-state index in [0.29, 0.717) is 17.9 Å². The summed E-state index contributed by atoms with van der Waals surface area (Å²) in [6, 6.07) is 0.332. The van der Waals surface area contributed by atoms with E-state index in [9.17, 15) is 4.79 Å². The fourth-order valence-corrected chi connectivity index (χ4v) is 3.80. The molecule has 3 heteroatoms. The summed E-state index contributed by atoms with van der Waals surface area (Å²) in [5.74, 6) is 1.41. The highest BCUT2D eigenvalue weighted by atomic mass is 16.2. The molecule has 2 rings (SSSR count). The third-order valence-corrected chi connectivity index (χ3v) is 5.62. The lowest BCUT2D eigenvalue weighted by Crippen LogP contribution is -2.50. The maximum atomic E-state index is 12.7. The zero-order valence-electron chi connectivity index (χ0n) is 13.5. The summed E-state index contributed by atoms with van der Waals surface area (Å²) in [5, 5.41) is 6.75. The molecule has 116 valence electrons. The van der Waals surface area contributed by atoms with E-state index in [0.717, 1.165) is 13.1 Å². The molecule has 1 saturated carbocycles. The van der Waals surface area contributed by atoms with Crippen LogP contribution in [0.5, 0.6) is 0 Å². The second kappa shape index (κ2) is 6.93. The summed E-state index contributed by atoms with van der Waals surface area (Å²) < 4.78 is 0. The first-order valence-electron chi connectivity index (χ1n) is 8.53. The van der Waals surface area contributed by atoms with Gasteiger partial charge in [-0.1, -0.05) is 33.1 Å². The first-order chi connectivity index (χ1) is 9.51. The lowest BCUT2D eigenvalue weighted by molar-refractivity contribution is -0.133. The van der Waals surface area contributed by atoms with Crippen LogP contribution in [0.1, 0.15) is 65.7 Å². The molecule has 0 spiro atoms. The molecule has 0 aromatic heterocycles. The van der Waals surface area contributed by atoms with Crippen LogP contribution in [-0.2, 0) is 4.79 Å². The fraction of sp³-hybridized carbons (Fsp3) is 0.941. The maximum Gasteiger partial charge on any atom is 0.226 e. The summed E-state index contributed by atoms with van der Waals surface area (Å²) in [5.41, 5.74) is -0.254. The van der Waals surface area contributed by atoms with E-state index in [1.54, 1.807) is 0 Å². The van der Waals surface area contributed by atoms with Crippen molar-refractivity contribution >= 4 is 5.91 Å². The molecule has 0 bridgehead atoms. The van der Waals surface area contributed by atoms with Gasteiger partial charge in [0.05, 0.1) is 0 Å². The van der Waals surface area contributed by atoms with Gasteiger partial charge in [0.1, 0.15) is 0 Å². The highest BCUT2D eigenvalue weighted by Gasteiger charge is 2.38. The molecule has 0 aromatic carbocycles. The van der Waals surface area contributed by atoms with Crippen molar-refractivity contribution in [1.29, 1.82) is 0 Å². The molecular weight excluding hydrogens is 248 g/mol. The van der Waals surface area contributed by atoms with E-state index < -0.39 is 0 Å². The minimum Gasteiger partial charge on any atom is -0.353 e. The number of hydrogen-bond acceptors (Lipinski definition) is 2. The molecule has 2 aliphatic rings. The number of amides is 1. The molecule has 2 fully saturated rings. The average molecular weight is 280 g/mol. The van der Waals surface area contributed by atoms with E-state index >= 15 is 0 Å². The fourth-order valence-electron chi connectivity index (χ4n) is 3.80. The number of nitrogens with one attached hydrogen (secondary N) is 2. The third-order valence-electron chi connectivity index (χ3n) is 5.62. The molecule has 2 N–H and O–H groups in total. The van der Waals surface area contributed by atoms with Gasteiger partial charge in [-0.3, -0.25) is 4.79 Å². The Bertz CT molecular complexity index is 315. The van der Waals surface area contributed by atoms with Crippen molar-refractivity contribution in [3.8, 4) is 0 Å². The summed E-state index contributed by atoms with van der Waals surface area (Å²) >= 11 is 0. The van der Waals surface area contributed by atoms with E-state index in [4.69, 9.17) is 0 Å². The van der Waals surface area contributed by atoms with E-state index in [2.05, 4.69) is 31.4 Å². The molecule has 0 radical (unpaired) electrons. The van der Waals surface area contributed by atoms with Crippen molar-refractivity contribution in [3.05, 3.63) is 0 Å². The minimum absolute atomic E-state index is 0.254. The van der Waals surface area contributed by atoms with Crippen molar-refractivity contribution in [3.63, 3.8) is 0 Å². The number of piperidine rings is 1. The Balaban J connectivity index is 1.88. The Morgan fingerprint density at radius 3 is 2.45 bits per heavy atom. The van der Waals surface area contributed by atoms with E-state index in [1.807, 2.05) is 0 Å². The molecule has 2 atom stereocenters. The molecule has 1 aliphatic heterocycles. The maximum absolute atomic E-state index is 12.7. The van der Waals surface area contributed by atoms with Crippen molar-refractivity contribution < 1.29 is 4.79 Å². The zero-order chi connectivity index (χ0) is 14.6. The lowest BCUT2D eigenvalue weighted by atomic mass is 9.74. The normalized spacial score (nSPS) is 27.1. The van der Waals surface area contributed by atoms with Gasteiger partial charge in [0, 0.05) is 11.5 Å². The Morgan fingerprint density at radius 1 is 1.15 bits per heavy atom. The zero-order valence-corrected chi connectivity index (χ0v) is 13.5. The Morgan fingerprint density at radius 2 is 1.85 bits per heavy atom. The average Bonchev–Trinajstić information content (AvgIpc) is 2.49. The summed E-state index contributed by atoms with van der Waals surface area (Å²) in [7, 11) is 0. The Labute approximate surface area is 124 Å². The number of rotatable bonds is 4. The molecule has 1 aliphatic carbocycles. The van der Waals surface area contributed by atoms with Crippen LogP contribution in [0.4, 0.5) is 0 Å². The standard InChI is InChI=1S/C17H32N2O/c1-13(14-8-5-4-6-9-14)19-16(20)17(2,3)15-10-7-11-18-12-15/h13-15,18H,4-12H2,1-3H3,(H,19,20)/t13-,15?/m0/s1. The van der Waals surface area contributed by atoms with Gasteiger partial charge in [0.25, 0.3) is 0 Å². The first-order valence-corrected chi connectivity index (χ1v) is 8.53. The van der Waals surface area contributed by atoms with Crippen molar-refractivity contribution in [2.45, 2.75) is 71.8 Å². The van der Waals surface area contributed by atoms with Gasteiger partial charge in [-0.2, -0.15) is 0 Å². The monoisotopic (exact) mass is 280 g/mol. The second-order valence-corrected chi connectivity index (χ2v) is 7.43. The largest absolute Gasteiger partial charge is 0.353 e. The Kier molecular flexibility index (Phi) is 5.48. The predicted molar refractivity (Wildman–Crippen MR) is 83.6 cm³/mol. The second-order valence-electron chi connectivity index (χ2n) is 7.43. The van der Waals surface area contributed by atoms with Crippen molar-refractivity contribution in [2.75, 3.05) is 13.1 Å². The van der Waals surface area contributed by atoms with Gasteiger partial charge >= 0.3 is 0 Å². The molecule has 20 heavy (non-hydrogen) atoms. The van der Waals surface area contributed by atoms with Crippen molar-refractivity contribution in [1.82, 2.24) is 10.6 Å². The van der Waals surface area contributed by atoms with Crippen LogP contribution in [0.2, 0.25) is 0 Å². The SMILES string of the molecule is C[C@H](NC(=O)C(C)(C)C1CCCNC1)C1CCCCC1. The number of carbonyl (C=O) groups excluding carboxylic acids is 1. The summed E-state index contributed by atoms with van der Waals surface area (Å²) in [4.78, 5) is 12.7. The third kappa shape index (κ3) is 3.75. The Hall–Kier alpha value is -0.570. The lowest BCUT2D eigenvalue weighted by Gasteiger charge is -2.38. The van der Waals surface area contributed by atoms with Crippen LogP contribution < -0.4 is 10.6 Å². The molecule has 1 amide bonds. The van der Waals surface area contributed by atoms with Gasteiger partial charge in [0.15, 0.2) is 0 Å². The highest BCUT2D eigenvalue weighted by Crippen LogP contribution is 2.33. The van der Waals surface area contributed by atoms with Gasteiger partial charge in [-0.25, -0.2) is 0 Å². The first kappa shape index (κ1) is 15.8. The van der Waals surface area contributed by atoms with Gasteiger partial charge in [0.2, 0.25) is 5.91 Å². The van der Waals surface area contributed by atoms with Gasteiger partial charge in [-0.05, 0) is 57.5 Å². The summed E-state index contributed by atoms with van der Waals surface area (Å²) in [6.07, 6.45) is 8.97. The van der Waals surface area contributed by atoms with Crippen LogP contribution >= 0.6 is 0 Å². The predicted octanol–water partition coefficient (Wildman–Crippen LogP) is 3.10. The smallest absolute Gasteiger partial charge is 0.226 e. The van der Waals surface area contributed by atoms with Crippen LogP contribution in [0, 0.1) is 17.3 Å². The molecular formula is C17H32N2O.